The Labute approximate surface area is 457 Å². The Hall–Kier alpha value is -6.32. The van der Waals surface area contributed by atoms with Gasteiger partial charge in [0.1, 0.15) is 46.3 Å². The summed E-state index contributed by atoms with van der Waals surface area (Å²) in [5.74, 6) is -3.76. The van der Waals surface area contributed by atoms with E-state index in [2.05, 4.69) is 74.3 Å². The summed E-state index contributed by atoms with van der Waals surface area (Å²) in [6, 6.07) is 10.7. The van der Waals surface area contributed by atoms with Gasteiger partial charge >= 0.3 is 23.9 Å². The maximum Gasteiger partial charge on any atom is 0.340 e. The van der Waals surface area contributed by atoms with E-state index < -0.39 is 47.1 Å². The highest BCUT2D eigenvalue weighted by atomic mass is 19.1. The summed E-state index contributed by atoms with van der Waals surface area (Å²) < 4.78 is 84.3. The molecule has 16 heteroatoms. The van der Waals surface area contributed by atoms with Gasteiger partial charge in [-0.2, -0.15) is 0 Å². The maximum atomic E-state index is 14.0. The first-order valence-corrected chi connectivity index (χ1v) is 26.7. The molecule has 0 spiro atoms. The van der Waals surface area contributed by atoms with E-state index in [1.165, 1.54) is 66.9 Å². The van der Waals surface area contributed by atoms with Crippen LogP contribution in [0.5, 0.6) is 23.0 Å². The Bertz CT molecular complexity index is 2630. The van der Waals surface area contributed by atoms with Gasteiger partial charge in [-0.3, -0.25) is 0 Å². The lowest BCUT2D eigenvalue weighted by Gasteiger charge is -2.29. The molecule has 8 rings (SSSR count). The van der Waals surface area contributed by atoms with Crippen molar-refractivity contribution < 1.29 is 75.4 Å². The molecule has 4 aromatic carbocycles. The molecular formula is C62H80F4O12. The van der Waals surface area contributed by atoms with Crippen molar-refractivity contribution in [2.24, 2.45) is 21.7 Å². The van der Waals surface area contributed by atoms with Crippen molar-refractivity contribution in [3.63, 3.8) is 0 Å². The number of ether oxygens (including phenoxy) is 6. The van der Waals surface area contributed by atoms with E-state index >= 15 is 0 Å². The summed E-state index contributed by atoms with van der Waals surface area (Å²) in [6.07, 6.45) is 12.7. The molecule has 2 N–H and O–H groups in total. The average molecular weight is 1090 g/mol. The number of benzene rings is 4. The first-order valence-electron chi connectivity index (χ1n) is 26.7. The monoisotopic (exact) mass is 1090 g/mol. The summed E-state index contributed by atoms with van der Waals surface area (Å²) in [5, 5.41) is 19.9. The van der Waals surface area contributed by atoms with E-state index in [0.29, 0.717) is 22.6 Å². The highest BCUT2D eigenvalue weighted by molar-refractivity contribution is 5.92. The van der Waals surface area contributed by atoms with Crippen LogP contribution in [0.2, 0.25) is 0 Å². The van der Waals surface area contributed by atoms with Crippen LogP contribution in [0.25, 0.3) is 0 Å². The summed E-state index contributed by atoms with van der Waals surface area (Å²) >= 11 is 0. The second-order valence-corrected chi connectivity index (χ2v) is 23.6. The molecule has 4 saturated carbocycles. The molecule has 0 unspecified atom stereocenters. The highest BCUT2D eigenvalue weighted by Crippen LogP contribution is 2.54. The first kappa shape index (κ1) is 62.5. The number of phenols is 2. The number of rotatable bonds is 10. The van der Waals surface area contributed by atoms with Gasteiger partial charge in [-0.15, -0.1) is 0 Å². The van der Waals surface area contributed by atoms with Crippen molar-refractivity contribution in [3.8, 4) is 23.0 Å². The zero-order valence-electron chi connectivity index (χ0n) is 47.9. The molecule has 0 aromatic heterocycles. The molecule has 12 nitrogen and oxygen atoms in total. The zero-order chi connectivity index (χ0) is 58.2. The second kappa shape index (κ2) is 25.6. The number of esters is 4. The molecule has 4 fully saturated rings. The quantitative estimate of drug-likeness (QED) is 0.0879. The number of methoxy groups -OCH3 is 6. The average Bonchev–Trinajstić information content (AvgIpc) is 4.24. The zero-order valence-corrected chi connectivity index (χ0v) is 47.9. The molecule has 428 valence electrons. The van der Waals surface area contributed by atoms with Crippen LogP contribution in [0, 0.1) is 44.9 Å². The summed E-state index contributed by atoms with van der Waals surface area (Å²) in [7, 11) is 7.99. The number of hydrogen-bond acceptors (Lipinski definition) is 12. The molecule has 0 saturated heterocycles. The van der Waals surface area contributed by atoms with Gasteiger partial charge in [0.25, 0.3) is 0 Å². The Morgan fingerprint density at radius 2 is 0.603 bits per heavy atom. The number of halogens is 4. The Morgan fingerprint density at radius 1 is 0.385 bits per heavy atom. The van der Waals surface area contributed by atoms with Crippen LogP contribution in [0.15, 0.2) is 48.5 Å². The molecule has 0 bridgehead atoms. The van der Waals surface area contributed by atoms with Gasteiger partial charge in [-0.1, -0.05) is 81.1 Å². The number of hydrogen-bond donors (Lipinski definition) is 2. The standard InChI is InChI=1S/2C16H21FO3.2C15H19FO3/c2*1-16(2)7-5-6-12(16)10-8-11(15(18)20-4)13(17)9-14(10)19-3;2*1-15(2)6-4-5-11(15)9-7-10(14(18)19-3)12(16)8-13(9)17/h2*8-9,12H,5-7H2,1-4H3;2*7-8,11,17H,4-6H2,1-3H3/t2*12-;2*11-/m1010/s1. The Balaban J connectivity index is 0.000000192. The largest absolute Gasteiger partial charge is 0.508 e. The van der Waals surface area contributed by atoms with Crippen molar-refractivity contribution >= 4 is 23.9 Å². The van der Waals surface area contributed by atoms with Crippen LogP contribution >= 0.6 is 0 Å². The number of phenolic OH excluding ortho intramolecular Hbond substituents is 2. The lowest BCUT2D eigenvalue weighted by atomic mass is 9.77. The van der Waals surface area contributed by atoms with Crippen LogP contribution < -0.4 is 9.47 Å². The van der Waals surface area contributed by atoms with Gasteiger partial charge in [-0.25, -0.2) is 36.7 Å². The third-order valence-corrected chi connectivity index (χ3v) is 17.0. The SMILES string of the molecule is COC(=O)c1cc([C@@H]2CCCC2(C)C)c(O)cc1F.COC(=O)c1cc([C@@H]2CCCC2(C)C)c(OC)cc1F.COC(=O)c1cc([C@H]2CCCC2(C)C)c(O)cc1F.COC(=O)c1cc([C@H]2CCCC2(C)C)c(OC)cc1F. The van der Waals surface area contributed by atoms with Crippen molar-refractivity contribution in [1.82, 2.24) is 0 Å². The third kappa shape index (κ3) is 13.9. The van der Waals surface area contributed by atoms with E-state index in [9.17, 15) is 47.0 Å². The lowest BCUT2D eigenvalue weighted by Crippen LogP contribution is -2.17. The minimum absolute atomic E-state index is 0.0222. The molecule has 0 amide bonds. The van der Waals surface area contributed by atoms with Gasteiger partial charge in [0.15, 0.2) is 0 Å². The molecule has 4 aliphatic carbocycles. The van der Waals surface area contributed by atoms with Gasteiger partial charge in [0, 0.05) is 24.3 Å². The number of aromatic hydroxyl groups is 2. The van der Waals surface area contributed by atoms with Crippen LogP contribution in [-0.4, -0.2) is 76.7 Å². The van der Waals surface area contributed by atoms with E-state index in [1.807, 2.05) is 0 Å². The molecule has 4 atom stereocenters. The summed E-state index contributed by atoms with van der Waals surface area (Å²) in [4.78, 5) is 46.4. The fourth-order valence-electron chi connectivity index (χ4n) is 12.4. The van der Waals surface area contributed by atoms with Crippen molar-refractivity contribution in [2.45, 2.75) is 156 Å². The van der Waals surface area contributed by atoms with E-state index in [0.717, 1.165) is 100 Å². The van der Waals surface area contributed by atoms with E-state index in [4.69, 9.17) is 9.47 Å². The van der Waals surface area contributed by atoms with Crippen molar-refractivity contribution in [2.75, 3.05) is 42.7 Å². The van der Waals surface area contributed by atoms with E-state index in [1.54, 1.807) is 12.1 Å². The number of carbonyl (C=O) groups excluding carboxylic acids is 4. The van der Waals surface area contributed by atoms with Crippen LogP contribution in [0.4, 0.5) is 17.6 Å². The second-order valence-electron chi connectivity index (χ2n) is 23.6. The molecule has 0 aliphatic heterocycles. The van der Waals surface area contributed by atoms with Crippen LogP contribution in [0.1, 0.15) is 220 Å². The topological polar surface area (TPSA) is 164 Å². The lowest BCUT2D eigenvalue weighted by molar-refractivity contribution is 0.0586. The van der Waals surface area contributed by atoms with E-state index in [-0.39, 0.29) is 79.1 Å². The predicted molar refractivity (Wildman–Crippen MR) is 289 cm³/mol. The first-order chi connectivity index (χ1) is 36.5. The van der Waals surface area contributed by atoms with Gasteiger partial charge < -0.3 is 38.6 Å². The molecular weight excluding hydrogens is 1010 g/mol. The third-order valence-electron chi connectivity index (χ3n) is 17.0. The summed E-state index contributed by atoms with van der Waals surface area (Å²) in [5.41, 5.74) is 3.15. The maximum absolute atomic E-state index is 14.0. The van der Waals surface area contributed by atoms with Crippen LogP contribution in [0.3, 0.4) is 0 Å². The fraction of sp³-hybridized carbons (Fsp3) is 0.548. The smallest absolute Gasteiger partial charge is 0.340 e. The molecule has 0 radical (unpaired) electrons. The normalized spacial score (nSPS) is 21.1. The fourth-order valence-corrected chi connectivity index (χ4v) is 12.4. The highest BCUT2D eigenvalue weighted by Gasteiger charge is 2.41. The van der Waals surface area contributed by atoms with Crippen LogP contribution in [-0.2, 0) is 18.9 Å². The molecule has 0 heterocycles. The molecule has 4 aliphatic rings. The van der Waals surface area contributed by atoms with Gasteiger partial charge in [0.05, 0.1) is 64.9 Å². The number of carbonyl (C=O) groups is 4. The van der Waals surface area contributed by atoms with Gasteiger partial charge in [-0.05, 0) is 143 Å². The minimum Gasteiger partial charge on any atom is -0.508 e. The van der Waals surface area contributed by atoms with Crippen molar-refractivity contribution in [1.29, 1.82) is 0 Å². The molecule has 78 heavy (non-hydrogen) atoms. The molecule has 4 aromatic rings. The predicted octanol–water partition coefficient (Wildman–Crippen LogP) is 15.1. The van der Waals surface area contributed by atoms with Gasteiger partial charge in [0.2, 0.25) is 0 Å². The Kier molecular flexibility index (Phi) is 20.6. The Morgan fingerprint density at radius 3 is 0.808 bits per heavy atom. The minimum atomic E-state index is -0.746. The van der Waals surface area contributed by atoms with Crippen molar-refractivity contribution in [3.05, 3.63) is 116 Å². The summed E-state index contributed by atoms with van der Waals surface area (Å²) in [6.45, 7) is 17.3.